The van der Waals surface area contributed by atoms with Crippen LogP contribution in [0.25, 0.3) is 10.1 Å². The molecule has 0 amide bonds. The third-order valence-electron chi connectivity index (χ3n) is 5.65. The number of nitrogens with one attached hydrogen (secondary N) is 1. The molecule has 0 bridgehead atoms. The van der Waals surface area contributed by atoms with Crippen molar-refractivity contribution < 1.29 is 27.8 Å². The molecule has 2 aromatic rings. The van der Waals surface area contributed by atoms with E-state index in [-0.39, 0.29) is 23.4 Å². The van der Waals surface area contributed by atoms with Gasteiger partial charge in [-0.2, -0.15) is 5.26 Å². The number of halogens is 2. The van der Waals surface area contributed by atoms with Gasteiger partial charge in [0.05, 0.1) is 40.4 Å². The average molecular weight is 459 g/mol. The normalized spacial score (nSPS) is 21.7. The zero-order valence-corrected chi connectivity index (χ0v) is 18.0. The van der Waals surface area contributed by atoms with Gasteiger partial charge in [-0.25, -0.2) is 18.4 Å². The van der Waals surface area contributed by atoms with E-state index in [1.54, 1.807) is 30.5 Å². The van der Waals surface area contributed by atoms with Crippen LogP contribution in [0.4, 0.5) is 8.78 Å². The molecular formula is C22H19F2N3O4S. The third-order valence-corrected chi connectivity index (χ3v) is 6.70. The van der Waals surface area contributed by atoms with Crippen molar-refractivity contribution in [3.8, 4) is 6.07 Å². The van der Waals surface area contributed by atoms with Crippen LogP contribution in [0.5, 0.6) is 0 Å². The number of rotatable bonds is 5. The maximum Gasteiger partial charge on any atom is 0.338 e. The summed E-state index contributed by atoms with van der Waals surface area (Å²) in [7, 11) is 1.22. The number of alkyl halides is 2. The fraction of sp³-hybridized carbons (Fsp3) is 0.318. The molecule has 3 N–H and O–H groups in total. The van der Waals surface area contributed by atoms with E-state index >= 15 is 0 Å². The summed E-state index contributed by atoms with van der Waals surface area (Å²) in [4.78, 5) is 25.7. The highest BCUT2D eigenvalue weighted by Gasteiger charge is 2.57. The lowest BCUT2D eigenvalue weighted by molar-refractivity contribution is -0.140. The van der Waals surface area contributed by atoms with Gasteiger partial charge in [0.15, 0.2) is 0 Å². The van der Waals surface area contributed by atoms with Crippen LogP contribution in [-0.2, 0) is 19.1 Å². The number of carbonyl (C=O) groups is 2. The molecule has 7 nitrogen and oxygen atoms in total. The van der Waals surface area contributed by atoms with Gasteiger partial charge in [0.2, 0.25) is 0 Å². The summed E-state index contributed by atoms with van der Waals surface area (Å²) >= 11 is 1.29. The van der Waals surface area contributed by atoms with Gasteiger partial charge in [0.25, 0.3) is 5.92 Å². The molecule has 0 saturated heterocycles. The maximum atomic E-state index is 13.2. The SMILES string of the molecule is COC(=O)C1=C(C)NC(N)=C(C(=O)OCC2CC2(F)F)C1c1csc2c(C#N)cccc12. The fourth-order valence-electron chi connectivity index (χ4n) is 3.87. The molecule has 1 aromatic carbocycles. The molecule has 0 radical (unpaired) electrons. The molecule has 2 heterocycles. The number of hydrogen-bond donors (Lipinski definition) is 2. The van der Waals surface area contributed by atoms with Crippen LogP contribution in [0, 0.1) is 17.2 Å². The van der Waals surface area contributed by atoms with Gasteiger partial charge >= 0.3 is 11.9 Å². The average Bonchev–Trinajstić information content (AvgIpc) is 3.16. The first-order chi connectivity index (χ1) is 15.2. The fourth-order valence-corrected chi connectivity index (χ4v) is 4.93. The van der Waals surface area contributed by atoms with Gasteiger partial charge in [0.1, 0.15) is 18.5 Å². The molecule has 2 atom stereocenters. The highest BCUT2D eigenvalue weighted by Crippen LogP contribution is 2.49. The first-order valence-corrected chi connectivity index (χ1v) is 10.6. The van der Waals surface area contributed by atoms with Crippen molar-refractivity contribution >= 4 is 33.4 Å². The lowest BCUT2D eigenvalue weighted by atomic mass is 9.81. The van der Waals surface area contributed by atoms with E-state index in [2.05, 4.69) is 11.4 Å². The number of allylic oxidation sites excluding steroid dienone is 1. The number of fused-ring (bicyclic) bond motifs is 1. The van der Waals surface area contributed by atoms with Crippen molar-refractivity contribution in [1.29, 1.82) is 5.26 Å². The van der Waals surface area contributed by atoms with Crippen molar-refractivity contribution in [3.05, 3.63) is 57.4 Å². The van der Waals surface area contributed by atoms with Crippen molar-refractivity contribution in [3.63, 3.8) is 0 Å². The van der Waals surface area contributed by atoms with Crippen molar-refractivity contribution in [2.24, 2.45) is 11.7 Å². The van der Waals surface area contributed by atoms with Crippen molar-refractivity contribution in [2.75, 3.05) is 13.7 Å². The Kier molecular flexibility index (Phi) is 5.38. The molecule has 1 saturated carbocycles. The summed E-state index contributed by atoms with van der Waals surface area (Å²) in [5.74, 6) is -6.44. The number of thiophene rings is 1. The second-order valence-electron chi connectivity index (χ2n) is 7.66. The van der Waals surface area contributed by atoms with Gasteiger partial charge < -0.3 is 20.5 Å². The summed E-state index contributed by atoms with van der Waals surface area (Å²) in [6.45, 7) is 1.17. The number of hydrogen-bond acceptors (Lipinski definition) is 8. The molecule has 166 valence electrons. The Bertz CT molecular complexity index is 1240. The summed E-state index contributed by atoms with van der Waals surface area (Å²) in [5.41, 5.74) is 7.61. The molecule has 1 aromatic heterocycles. The minimum atomic E-state index is -2.84. The quantitative estimate of drug-likeness (QED) is 0.660. The van der Waals surface area contributed by atoms with Crippen LogP contribution in [0.3, 0.4) is 0 Å². The molecule has 4 rings (SSSR count). The number of dihydropyridines is 1. The smallest absolute Gasteiger partial charge is 0.338 e. The van der Waals surface area contributed by atoms with E-state index in [1.165, 1.54) is 18.4 Å². The van der Waals surface area contributed by atoms with Crippen LogP contribution in [0.2, 0.25) is 0 Å². The van der Waals surface area contributed by atoms with Crippen molar-refractivity contribution in [2.45, 2.75) is 25.2 Å². The minimum absolute atomic E-state index is 0.0384. The molecule has 1 aliphatic carbocycles. The zero-order chi connectivity index (χ0) is 23.2. The Balaban J connectivity index is 1.81. The lowest BCUT2D eigenvalue weighted by Gasteiger charge is -2.29. The molecule has 10 heteroatoms. The van der Waals surface area contributed by atoms with E-state index in [0.29, 0.717) is 26.9 Å². The Morgan fingerprint density at radius 3 is 2.69 bits per heavy atom. The van der Waals surface area contributed by atoms with Crippen LogP contribution in [0.1, 0.15) is 30.4 Å². The minimum Gasteiger partial charge on any atom is -0.466 e. The van der Waals surface area contributed by atoms with E-state index < -0.39 is 36.3 Å². The molecule has 2 aliphatic rings. The Morgan fingerprint density at radius 1 is 1.34 bits per heavy atom. The number of esters is 2. The number of methoxy groups -OCH3 is 1. The number of ether oxygens (including phenoxy) is 2. The predicted molar refractivity (Wildman–Crippen MR) is 112 cm³/mol. The maximum absolute atomic E-state index is 13.2. The van der Waals surface area contributed by atoms with Gasteiger partial charge in [-0.15, -0.1) is 11.3 Å². The van der Waals surface area contributed by atoms with E-state index in [0.717, 1.165) is 0 Å². The second-order valence-corrected chi connectivity index (χ2v) is 8.54. The van der Waals surface area contributed by atoms with E-state index in [1.807, 2.05) is 0 Å². The molecular weight excluding hydrogens is 440 g/mol. The molecule has 32 heavy (non-hydrogen) atoms. The Labute approximate surface area is 186 Å². The largest absolute Gasteiger partial charge is 0.466 e. The van der Waals surface area contributed by atoms with Gasteiger partial charge in [-0.1, -0.05) is 12.1 Å². The standard InChI is InChI=1S/C22H19F2N3O4S/c1-10-15(20(28)30-2)16(14-9-32-18-11(7-25)4-3-5-13(14)18)17(19(26)27-10)21(29)31-8-12-6-22(12,23)24/h3-5,9,12,16,27H,6,8,26H2,1-2H3. The summed E-state index contributed by atoms with van der Waals surface area (Å²) in [6.07, 6.45) is -0.338. The summed E-state index contributed by atoms with van der Waals surface area (Å²) in [5, 5.41) is 14.6. The molecule has 0 spiro atoms. The highest BCUT2D eigenvalue weighted by atomic mass is 32.1. The first-order valence-electron chi connectivity index (χ1n) is 9.70. The Morgan fingerprint density at radius 2 is 2.06 bits per heavy atom. The molecule has 1 fully saturated rings. The van der Waals surface area contributed by atoms with Crippen LogP contribution in [-0.4, -0.2) is 31.6 Å². The molecule has 1 aliphatic heterocycles. The second kappa shape index (κ2) is 7.91. The number of benzene rings is 1. The van der Waals surface area contributed by atoms with Crippen LogP contribution in [0.15, 0.2) is 46.2 Å². The van der Waals surface area contributed by atoms with Crippen molar-refractivity contribution in [1.82, 2.24) is 5.32 Å². The number of carbonyl (C=O) groups excluding carboxylic acids is 2. The lowest BCUT2D eigenvalue weighted by Crippen LogP contribution is -2.36. The number of nitrogens with two attached hydrogens (primary N) is 1. The van der Waals surface area contributed by atoms with Gasteiger partial charge in [-0.3, -0.25) is 0 Å². The summed E-state index contributed by atoms with van der Waals surface area (Å²) < 4.78 is 37.3. The molecule has 2 unspecified atom stereocenters. The number of nitrogens with zero attached hydrogens (tertiary/aromatic N) is 1. The highest BCUT2D eigenvalue weighted by molar-refractivity contribution is 7.17. The predicted octanol–water partition coefficient (Wildman–Crippen LogP) is 3.28. The summed E-state index contributed by atoms with van der Waals surface area (Å²) in [6, 6.07) is 7.27. The zero-order valence-electron chi connectivity index (χ0n) is 17.2. The topological polar surface area (TPSA) is 114 Å². The van der Waals surface area contributed by atoms with Gasteiger partial charge in [0, 0.05) is 12.1 Å². The number of nitriles is 1. The van der Waals surface area contributed by atoms with Gasteiger partial charge in [-0.05, 0) is 29.3 Å². The third kappa shape index (κ3) is 3.58. The Hall–Kier alpha value is -3.45. The monoisotopic (exact) mass is 459 g/mol. The van der Waals surface area contributed by atoms with E-state index in [9.17, 15) is 23.6 Å². The van der Waals surface area contributed by atoms with Crippen LogP contribution >= 0.6 is 11.3 Å². The van der Waals surface area contributed by atoms with Crippen LogP contribution < -0.4 is 11.1 Å². The first kappa shape index (κ1) is 21.8. The van der Waals surface area contributed by atoms with E-state index in [4.69, 9.17) is 15.2 Å².